The highest BCUT2D eigenvalue weighted by Gasteiger charge is 2.04. The van der Waals surface area contributed by atoms with Crippen molar-refractivity contribution in [3.63, 3.8) is 0 Å². The normalized spacial score (nSPS) is 10.1. The maximum Gasteiger partial charge on any atom is 0.153 e. The van der Waals surface area contributed by atoms with Crippen molar-refractivity contribution in [3.8, 4) is 5.75 Å². The molecular weight excluding hydrogens is 233 g/mol. The number of hydrogen-bond acceptors (Lipinski definition) is 3. The molecule has 0 bridgehead atoms. The summed E-state index contributed by atoms with van der Waals surface area (Å²) in [7, 11) is 0. The molecule has 0 N–H and O–H groups in total. The van der Waals surface area contributed by atoms with E-state index in [1.165, 1.54) is 12.1 Å². The van der Waals surface area contributed by atoms with Crippen LogP contribution in [0.2, 0.25) is 0 Å². The van der Waals surface area contributed by atoms with Gasteiger partial charge < -0.3 is 4.74 Å². The summed E-state index contributed by atoms with van der Waals surface area (Å²) in [5, 5.41) is 0. The Hall–Kier alpha value is -2.23. The van der Waals surface area contributed by atoms with Crippen molar-refractivity contribution in [2.45, 2.75) is 6.42 Å². The number of carbonyl (C=O) groups excluding carboxylic acids is 1. The fourth-order valence-corrected chi connectivity index (χ4v) is 1.57. The highest BCUT2D eigenvalue weighted by atomic mass is 19.1. The van der Waals surface area contributed by atoms with E-state index >= 15 is 0 Å². The Labute approximate surface area is 104 Å². The van der Waals surface area contributed by atoms with E-state index < -0.39 is 5.82 Å². The number of pyridine rings is 1. The second-order valence-corrected chi connectivity index (χ2v) is 3.75. The number of nitrogens with zero attached hydrogens (tertiary/aromatic N) is 1. The lowest BCUT2D eigenvalue weighted by molar-refractivity contribution is 0.111. The highest BCUT2D eigenvalue weighted by molar-refractivity contribution is 5.79. The third-order valence-electron chi connectivity index (χ3n) is 2.50. The van der Waals surface area contributed by atoms with Gasteiger partial charge in [-0.05, 0) is 35.9 Å². The highest BCUT2D eigenvalue weighted by Crippen LogP contribution is 2.18. The largest absolute Gasteiger partial charge is 0.492 e. The molecule has 4 heteroatoms. The molecule has 0 radical (unpaired) electrons. The Kier molecular flexibility index (Phi) is 4.02. The zero-order valence-electron chi connectivity index (χ0n) is 9.67. The Morgan fingerprint density at radius 2 is 2.00 bits per heavy atom. The van der Waals surface area contributed by atoms with Crippen LogP contribution in [0.3, 0.4) is 0 Å². The quantitative estimate of drug-likeness (QED) is 0.760. The number of halogens is 1. The first-order chi connectivity index (χ1) is 8.79. The van der Waals surface area contributed by atoms with Crippen molar-refractivity contribution in [1.29, 1.82) is 0 Å². The summed E-state index contributed by atoms with van der Waals surface area (Å²) < 4.78 is 18.4. The number of ether oxygens (including phenoxy) is 1. The topological polar surface area (TPSA) is 39.2 Å². The van der Waals surface area contributed by atoms with Gasteiger partial charge in [-0.2, -0.15) is 0 Å². The van der Waals surface area contributed by atoms with Crippen LogP contribution in [0.25, 0.3) is 0 Å². The monoisotopic (exact) mass is 245 g/mol. The third kappa shape index (κ3) is 3.13. The minimum Gasteiger partial charge on any atom is -0.492 e. The summed E-state index contributed by atoms with van der Waals surface area (Å²) in [5.74, 6) is -0.0426. The molecule has 0 aliphatic carbocycles. The van der Waals surface area contributed by atoms with Crippen LogP contribution in [0.4, 0.5) is 4.39 Å². The van der Waals surface area contributed by atoms with Gasteiger partial charge in [0.05, 0.1) is 12.2 Å². The van der Waals surface area contributed by atoms with Gasteiger partial charge in [-0.1, -0.05) is 0 Å². The van der Waals surface area contributed by atoms with E-state index in [1.54, 1.807) is 12.4 Å². The first-order valence-corrected chi connectivity index (χ1v) is 5.56. The Morgan fingerprint density at radius 3 is 2.72 bits per heavy atom. The Morgan fingerprint density at radius 1 is 1.22 bits per heavy atom. The van der Waals surface area contributed by atoms with E-state index in [1.807, 2.05) is 12.1 Å². The van der Waals surface area contributed by atoms with Crippen LogP contribution in [-0.2, 0) is 6.42 Å². The summed E-state index contributed by atoms with van der Waals surface area (Å²) in [6.07, 6.45) is 4.72. The SMILES string of the molecule is O=Cc1cc(F)ccc1OCCc1ccncc1. The van der Waals surface area contributed by atoms with Crippen LogP contribution in [-0.4, -0.2) is 17.9 Å². The van der Waals surface area contributed by atoms with Gasteiger partial charge in [-0.3, -0.25) is 9.78 Å². The fraction of sp³-hybridized carbons (Fsp3) is 0.143. The molecule has 0 fully saturated rings. The van der Waals surface area contributed by atoms with E-state index in [-0.39, 0.29) is 5.56 Å². The molecule has 0 amide bonds. The number of benzene rings is 1. The maximum atomic E-state index is 12.9. The molecule has 0 aliphatic heterocycles. The minimum atomic E-state index is -0.446. The van der Waals surface area contributed by atoms with E-state index in [4.69, 9.17) is 4.74 Å². The molecule has 0 unspecified atom stereocenters. The summed E-state index contributed by atoms with van der Waals surface area (Å²) >= 11 is 0. The van der Waals surface area contributed by atoms with E-state index in [0.29, 0.717) is 25.1 Å². The van der Waals surface area contributed by atoms with Gasteiger partial charge in [0.15, 0.2) is 6.29 Å². The smallest absolute Gasteiger partial charge is 0.153 e. The van der Waals surface area contributed by atoms with E-state index in [0.717, 1.165) is 11.6 Å². The van der Waals surface area contributed by atoms with Crippen molar-refractivity contribution < 1.29 is 13.9 Å². The van der Waals surface area contributed by atoms with Crippen LogP contribution in [0.1, 0.15) is 15.9 Å². The Balaban J connectivity index is 1.96. The van der Waals surface area contributed by atoms with Gasteiger partial charge in [0, 0.05) is 18.8 Å². The van der Waals surface area contributed by atoms with Crippen LogP contribution in [0, 0.1) is 5.82 Å². The number of aromatic nitrogens is 1. The van der Waals surface area contributed by atoms with Crippen molar-refractivity contribution in [2.24, 2.45) is 0 Å². The van der Waals surface area contributed by atoms with Crippen molar-refractivity contribution in [3.05, 3.63) is 59.7 Å². The molecule has 92 valence electrons. The lowest BCUT2D eigenvalue weighted by Crippen LogP contribution is -2.03. The molecule has 0 atom stereocenters. The molecule has 1 heterocycles. The summed E-state index contributed by atoms with van der Waals surface area (Å²) in [6.45, 7) is 0.427. The lowest BCUT2D eigenvalue weighted by Gasteiger charge is -2.08. The number of aldehydes is 1. The van der Waals surface area contributed by atoms with Crippen molar-refractivity contribution in [2.75, 3.05) is 6.61 Å². The molecule has 3 nitrogen and oxygen atoms in total. The third-order valence-corrected chi connectivity index (χ3v) is 2.50. The van der Waals surface area contributed by atoms with Crippen molar-refractivity contribution in [1.82, 2.24) is 4.98 Å². The number of carbonyl (C=O) groups is 1. The fourth-order valence-electron chi connectivity index (χ4n) is 1.57. The number of rotatable bonds is 5. The molecule has 18 heavy (non-hydrogen) atoms. The second-order valence-electron chi connectivity index (χ2n) is 3.75. The van der Waals surface area contributed by atoms with Gasteiger partial charge in [0.2, 0.25) is 0 Å². The predicted molar refractivity (Wildman–Crippen MR) is 65.2 cm³/mol. The van der Waals surface area contributed by atoms with Crippen LogP contribution < -0.4 is 4.74 Å². The first-order valence-electron chi connectivity index (χ1n) is 5.56. The molecule has 2 aromatic rings. The van der Waals surface area contributed by atoms with Gasteiger partial charge >= 0.3 is 0 Å². The van der Waals surface area contributed by atoms with Crippen LogP contribution >= 0.6 is 0 Å². The predicted octanol–water partition coefficient (Wildman–Crippen LogP) is 2.65. The van der Waals surface area contributed by atoms with E-state index in [2.05, 4.69) is 4.98 Å². The Bertz CT molecular complexity index is 529. The zero-order chi connectivity index (χ0) is 12.8. The lowest BCUT2D eigenvalue weighted by atomic mass is 10.2. The van der Waals surface area contributed by atoms with Crippen molar-refractivity contribution >= 4 is 6.29 Å². The van der Waals surface area contributed by atoms with Crippen LogP contribution in [0.5, 0.6) is 5.75 Å². The molecule has 2 rings (SSSR count). The van der Waals surface area contributed by atoms with Gasteiger partial charge in [0.1, 0.15) is 11.6 Å². The number of hydrogen-bond donors (Lipinski definition) is 0. The average Bonchev–Trinajstić information content (AvgIpc) is 2.41. The van der Waals surface area contributed by atoms with Gasteiger partial charge in [-0.15, -0.1) is 0 Å². The van der Waals surface area contributed by atoms with Gasteiger partial charge in [-0.25, -0.2) is 4.39 Å². The molecule has 0 aliphatic rings. The summed E-state index contributed by atoms with van der Waals surface area (Å²) in [4.78, 5) is 14.7. The zero-order valence-corrected chi connectivity index (χ0v) is 9.67. The molecule has 1 aromatic carbocycles. The maximum absolute atomic E-state index is 12.9. The van der Waals surface area contributed by atoms with Gasteiger partial charge in [0.25, 0.3) is 0 Å². The molecular formula is C14H12FNO2. The summed E-state index contributed by atoms with van der Waals surface area (Å²) in [5.41, 5.74) is 1.32. The summed E-state index contributed by atoms with van der Waals surface area (Å²) in [6, 6.07) is 7.69. The average molecular weight is 245 g/mol. The second kappa shape index (κ2) is 5.91. The molecule has 0 saturated carbocycles. The molecule has 0 saturated heterocycles. The molecule has 0 spiro atoms. The van der Waals surface area contributed by atoms with Crippen LogP contribution in [0.15, 0.2) is 42.7 Å². The minimum absolute atomic E-state index is 0.227. The standard InChI is InChI=1S/C14H12FNO2/c15-13-1-2-14(12(9-13)10-17)18-8-5-11-3-6-16-7-4-11/h1-4,6-7,9-10H,5,8H2. The first kappa shape index (κ1) is 12.2. The van der Waals surface area contributed by atoms with E-state index in [9.17, 15) is 9.18 Å². The molecule has 1 aromatic heterocycles.